The van der Waals surface area contributed by atoms with Gasteiger partial charge in [0.2, 0.25) is 0 Å². The summed E-state index contributed by atoms with van der Waals surface area (Å²) in [5.41, 5.74) is 2.75. The molecule has 1 aliphatic heterocycles. The Morgan fingerprint density at radius 1 is 0.842 bits per heavy atom. The number of oxazole rings is 1. The minimum absolute atomic E-state index is 0.663. The number of para-hydroxylation sites is 2. The number of aromatic nitrogens is 1. The van der Waals surface area contributed by atoms with E-state index in [-0.39, 0.29) is 0 Å². The molecule has 1 aliphatic rings. The van der Waals surface area contributed by atoms with Gasteiger partial charge in [0.15, 0.2) is 11.7 Å². The average molecular weight is 249 g/mol. The zero-order valence-corrected chi connectivity index (χ0v) is 10.4. The van der Waals surface area contributed by atoms with Gasteiger partial charge in [-0.2, -0.15) is 0 Å². The Hall–Kier alpha value is -2.55. The number of ether oxygens (including phenoxy) is 1. The smallest absolute Gasteiger partial charge is 0.192 e. The third-order valence-electron chi connectivity index (χ3n) is 3.23. The maximum absolute atomic E-state index is 5.98. The van der Waals surface area contributed by atoms with Crippen LogP contribution in [0.1, 0.15) is 5.89 Å². The maximum Gasteiger partial charge on any atom is 0.192 e. The standard InChI is InChI=1S/C16H11NO2/c1-10-17-15-11-6-2-4-8-13(11)19-14-9-5-3-7-12(14)16(15)18-10/h2-9H,1H3. The van der Waals surface area contributed by atoms with Crippen LogP contribution in [0.2, 0.25) is 0 Å². The van der Waals surface area contributed by atoms with Crippen molar-refractivity contribution in [3.05, 3.63) is 54.4 Å². The van der Waals surface area contributed by atoms with E-state index in [2.05, 4.69) is 4.98 Å². The van der Waals surface area contributed by atoms with Gasteiger partial charge in [0, 0.05) is 12.5 Å². The second-order valence-corrected chi connectivity index (χ2v) is 4.50. The molecule has 92 valence electrons. The third-order valence-corrected chi connectivity index (χ3v) is 3.23. The van der Waals surface area contributed by atoms with Crippen LogP contribution in [0.4, 0.5) is 0 Å². The van der Waals surface area contributed by atoms with Crippen LogP contribution in [0.25, 0.3) is 22.6 Å². The molecule has 1 aromatic heterocycles. The Kier molecular flexibility index (Phi) is 2.03. The molecule has 0 fully saturated rings. The lowest BCUT2D eigenvalue weighted by Crippen LogP contribution is -1.86. The van der Waals surface area contributed by atoms with Crippen LogP contribution in [0, 0.1) is 6.92 Å². The summed E-state index contributed by atoms with van der Waals surface area (Å²) in [6.07, 6.45) is 0. The van der Waals surface area contributed by atoms with E-state index < -0.39 is 0 Å². The maximum atomic E-state index is 5.98. The van der Waals surface area contributed by atoms with Crippen molar-refractivity contribution in [3.63, 3.8) is 0 Å². The third kappa shape index (κ3) is 1.48. The first-order valence-corrected chi connectivity index (χ1v) is 6.17. The number of aryl methyl sites for hydroxylation is 1. The van der Waals surface area contributed by atoms with Crippen molar-refractivity contribution in [3.8, 4) is 34.1 Å². The van der Waals surface area contributed by atoms with Gasteiger partial charge in [-0.1, -0.05) is 24.3 Å². The number of fused-ring (bicyclic) bond motifs is 5. The van der Waals surface area contributed by atoms with Gasteiger partial charge in [0.25, 0.3) is 0 Å². The minimum Gasteiger partial charge on any atom is -0.456 e. The number of rotatable bonds is 0. The van der Waals surface area contributed by atoms with E-state index in [1.54, 1.807) is 0 Å². The fraction of sp³-hybridized carbons (Fsp3) is 0.0625. The molecule has 0 atom stereocenters. The SMILES string of the molecule is Cc1nc2c(o1)-c1ccccc1Oc1ccccc1-2. The first kappa shape index (κ1) is 10.4. The van der Waals surface area contributed by atoms with Gasteiger partial charge >= 0.3 is 0 Å². The van der Waals surface area contributed by atoms with Crippen LogP contribution in [0.5, 0.6) is 11.5 Å². The molecule has 19 heavy (non-hydrogen) atoms. The van der Waals surface area contributed by atoms with Crippen molar-refractivity contribution in [1.82, 2.24) is 4.98 Å². The highest BCUT2D eigenvalue weighted by atomic mass is 16.5. The first-order chi connectivity index (χ1) is 9.33. The lowest BCUT2D eigenvalue weighted by Gasteiger charge is -2.07. The normalized spacial score (nSPS) is 11.8. The van der Waals surface area contributed by atoms with Crippen LogP contribution < -0.4 is 4.74 Å². The molecule has 0 bridgehead atoms. The number of benzene rings is 2. The molecule has 0 saturated heterocycles. The van der Waals surface area contributed by atoms with Gasteiger partial charge in [-0.15, -0.1) is 0 Å². The lowest BCUT2D eigenvalue weighted by atomic mass is 10.1. The van der Waals surface area contributed by atoms with Crippen molar-refractivity contribution in [2.75, 3.05) is 0 Å². The van der Waals surface area contributed by atoms with E-state index in [0.717, 1.165) is 34.1 Å². The highest BCUT2D eigenvalue weighted by molar-refractivity contribution is 5.85. The van der Waals surface area contributed by atoms with E-state index >= 15 is 0 Å². The van der Waals surface area contributed by atoms with Crippen molar-refractivity contribution < 1.29 is 9.15 Å². The molecule has 3 heteroatoms. The van der Waals surface area contributed by atoms with Crippen molar-refractivity contribution in [2.45, 2.75) is 6.92 Å². The topological polar surface area (TPSA) is 35.3 Å². The molecular weight excluding hydrogens is 238 g/mol. The second-order valence-electron chi connectivity index (χ2n) is 4.50. The van der Waals surface area contributed by atoms with Gasteiger partial charge in [0.1, 0.15) is 17.2 Å². The number of hydrogen-bond donors (Lipinski definition) is 0. The zero-order valence-electron chi connectivity index (χ0n) is 10.4. The summed E-state index contributed by atoms with van der Waals surface area (Å²) in [7, 11) is 0. The van der Waals surface area contributed by atoms with Crippen LogP contribution in [0.15, 0.2) is 52.9 Å². The summed E-state index contributed by atoms with van der Waals surface area (Å²) >= 11 is 0. The van der Waals surface area contributed by atoms with E-state index in [4.69, 9.17) is 9.15 Å². The van der Waals surface area contributed by atoms with Crippen molar-refractivity contribution in [2.24, 2.45) is 0 Å². The van der Waals surface area contributed by atoms with E-state index in [1.807, 2.05) is 55.5 Å². The van der Waals surface area contributed by atoms with Gasteiger partial charge in [-0.25, -0.2) is 4.98 Å². The zero-order chi connectivity index (χ0) is 12.8. The van der Waals surface area contributed by atoms with Crippen LogP contribution >= 0.6 is 0 Å². The molecule has 0 spiro atoms. The van der Waals surface area contributed by atoms with Crippen LogP contribution in [-0.2, 0) is 0 Å². The van der Waals surface area contributed by atoms with Crippen LogP contribution in [-0.4, -0.2) is 4.98 Å². The molecule has 0 aliphatic carbocycles. The molecule has 0 unspecified atom stereocenters. The molecule has 0 N–H and O–H groups in total. The quantitative estimate of drug-likeness (QED) is 0.462. The molecule has 3 nitrogen and oxygen atoms in total. The van der Waals surface area contributed by atoms with Crippen molar-refractivity contribution in [1.29, 1.82) is 0 Å². The molecule has 0 saturated carbocycles. The average Bonchev–Trinajstić information content (AvgIpc) is 2.76. The van der Waals surface area contributed by atoms with E-state index in [0.29, 0.717) is 5.89 Å². The largest absolute Gasteiger partial charge is 0.456 e. The fourth-order valence-corrected chi connectivity index (χ4v) is 2.41. The summed E-state index contributed by atoms with van der Waals surface area (Å²) in [4.78, 5) is 4.50. The molecular formula is C16H11NO2. The second kappa shape index (κ2) is 3.72. The summed E-state index contributed by atoms with van der Waals surface area (Å²) in [6.45, 7) is 1.86. The molecule has 0 amide bonds. The van der Waals surface area contributed by atoms with E-state index in [9.17, 15) is 0 Å². The molecule has 0 radical (unpaired) electrons. The Morgan fingerprint density at radius 2 is 1.47 bits per heavy atom. The Balaban J connectivity index is 2.12. The summed E-state index contributed by atoms with van der Waals surface area (Å²) in [6, 6.07) is 15.7. The predicted molar refractivity (Wildman–Crippen MR) is 72.2 cm³/mol. The summed E-state index contributed by atoms with van der Waals surface area (Å²) in [5, 5.41) is 0. The first-order valence-electron chi connectivity index (χ1n) is 6.17. The monoisotopic (exact) mass is 249 g/mol. The summed E-state index contributed by atoms with van der Waals surface area (Å²) in [5.74, 6) is 3.04. The highest BCUT2D eigenvalue weighted by Gasteiger charge is 2.24. The van der Waals surface area contributed by atoms with Crippen molar-refractivity contribution >= 4 is 0 Å². The highest BCUT2D eigenvalue weighted by Crippen LogP contribution is 2.46. The van der Waals surface area contributed by atoms with Gasteiger partial charge in [-0.05, 0) is 24.3 Å². The summed E-state index contributed by atoms with van der Waals surface area (Å²) < 4.78 is 11.8. The Bertz CT molecular complexity index is 711. The predicted octanol–water partition coefficient (Wildman–Crippen LogP) is 4.42. The molecule has 3 aromatic rings. The number of nitrogens with zero attached hydrogens (tertiary/aromatic N) is 1. The van der Waals surface area contributed by atoms with E-state index in [1.165, 1.54) is 0 Å². The fourth-order valence-electron chi connectivity index (χ4n) is 2.41. The Morgan fingerprint density at radius 3 is 2.26 bits per heavy atom. The van der Waals surface area contributed by atoms with Crippen LogP contribution in [0.3, 0.4) is 0 Å². The number of hydrogen-bond acceptors (Lipinski definition) is 3. The molecule has 4 rings (SSSR count). The molecule has 2 heterocycles. The minimum atomic E-state index is 0.663. The Labute approximate surface area is 110 Å². The van der Waals surface area contributed by atoms with Gasteiger partial charge in [-0.3, -0.25) is 0 Å². The molecule has 2 aromatic carbocycles. The van der Waals surface area contributed by atoms with Gasteiger partial charge < -0.3 is 9.15 Å². The van der Waals surface area contributed by atoms with Gasteiger partial charge in [0.05, 0.1) is 5.56 Å². The lowest BCUT2D eigenvalue weighted by molar-refractivity contribution is 0.482.